The second-order valence-electron chi connectivity index (χ2n) is 6.85. The Bertz CT molecular complexity index is 1180. The first-order valence-corrected chi connectivity index (χ1v) is 10.5. The van der Waals surface area contributed by atoms with Gasteiger partial charge in [-0.15, -0.1) is 0 Å². The summed E-state index contributed by atoms with van der Waals surface area (Å²) in [5, 5.41) is 6.32. The van der Waals surface area contributed by atoms with Crippen molar-refractivity contribution in [2.24, 2.45) is 5.10 Å². The van der Waals surface area contributed by atoms with E-state index in [-0.39, 0.29) is 0 Å². The van der Waals surface area contributed by atoms with E-state index in [1.807, 2.05) is 92.0 Å². The lowest BCUT2D eigenvalue weighted by Crippen LogP contribution is -2.12. The molecule has 1 heterocycles. The number of methoxy groups -OCH3 is 1. The van der Waals surface area contributed by atoms with E-state index < -0.39 is 0 Å². The fourth-order valence-corrected chi connectivity index (χ4v) is 3.25. The number of ether oxygens (including phenoxy) is 1. The minimum Gasteiger partial charge on any atom is -0.497 e. The van der Waals surface area contributed by atoms with Crippen LogP contribution in [0.25, 0.3) is 22.6 Å². The van der Waals surface area contributed by atoms with Crippen molar-refractivity contribution in [1.82, 2.24) is 9.97 Å². The lowest BCUT2D eigenvalue weighted by atomic mass is 10.1. The van der Waals surface area contributed by atoms with Crippen LogP contribution in [0.2, 0.25) is 0 Å². The highest BCUT2D eigenvalue weighted by Crippen LogP contribution is 2.26. The first kappa shape index (κ1) is 20.8. The van der Waals surface area contributed by atoms with Gasteiger partial charge in [-0.3, -0.25) is 5.01 Å². The quantitative estimate of drug-likeness (QED) is 0.253. The number of anilines is 1. The average molecular weight is 473 g/mol. The standard InChI is InChI=1S/C25H21BrN4O/c1-30(27-17-18-8-14-22(31-2)15-9-18)24-16-23(19-6-4-3-5-7-19)28-25(29-24)20-10-12-21(26)13-11-20/h3-17H,1-2H3/b27-17+. The van der Waals surface area contributed by atoms with Gasteiger partial charge < -0.3 is 4.74 Å². The molecule has 154 valence electrons. The summed E-state index contributed by atoms with van der Waals surface area (Å²) < 4.78 is 6.22. The van der Waals surface area contributed by atoms with Crippen LogP contribution in [-0.2, 0) is 0 Å². The summed E-state index contributed by atoms with van der Waals surface area (Å²) in [7, 11) is 3.53. The maximum atomic E-state index is 5.21. The van der Waals surface area contributed by atoms with Crippen LogP contribution in [0.1, 0.15) is 5.56 Å². The second-order valence-corrected chi connectivity index (χ2v) is 7.76. The molecule has 0 N–H and O–H groups in total. The molecule has 3 aromatic carbocycles. The zero-order valence-corrected chi connectivity index (χ0v) is 18.8. The van der Waals surface area contributed by atoms with Crippen LogP contribution in [0.5, 0.6) is 5.75 Å². The number of hydrogen-bond donors (Lipinski definition) is 0. The van der Waals surface area contributed by atoms with Gasteiger partial charge in [-0.2, -0.15) is 5.10 Å². The minimum absolute atomic E-state index is 0.648. The van der Waals surface area contributed by atoms with Gasteiger partial charge in [0.2, 0.25) is 0 Å². The fourth-order valence-electron chi connectivity index (χ4n) is 2.99. The fraction of sp³-hybridized carbons (Fsp3) is 0.0800. The van der Waals surface area contributed by atoms with E-state index in [9.17, 15) is 0 Å². The highest BCUT2D eigenvalue weighted by Gasteiger charge is 2.11. The first-order chi connectivity index (χ1) is 15.1. The molecular weight excluding hydrogens is 452 g/mol. The van der Waals surface area contributed by atoms with Gasteiger partial charge in [-0.05, 0) is 42.0 Å². The molecular formula is C25H21BrN4O. The summed E-state index contributed by atoms with van der Waals surface area (Å²) in [5.74, 6) is 2.17. The number of aromatic nitrogens is 2. The summed E-state index contributed by atoms with van der Waals surface area (Å²) in [6.45, 7) is 0. The van der Waals surface area contributed by atoms with Gasteiger partial charge in [-0.25, -0.2) is 9.97 Å². The zero-order chi connectivity index (χ0) is 21.6. The highest BCUT2D eigenvalue weighted by atomic mass is 79.9. The summed E-state index contributed by atoms with van der Waals surface area (Å²) in [6.07, 6.45) is 1.79. The molecule has 31 heavy (non-hydrogen) atoms. The van der Waals surface area contributed by atoms with Gasteiger partial charge in [0.25, 0.3) is 0 Å². The molecule has 0 atom stereocenters. The van der Waals surface area contributed by atoms with E-state index in [1.54, 1.807) is 18.3 Å². The van der Waals surface area contributed by atoms with Crippen LogP contribution in [0.15, 0.2) is 94.5 Å². The van der Waals surface area contributed by atoms with Crippen LogP contribution < -0.4 is 9.75 Å². The van der Waals surface area contributed by atoms with Gasteiger partial charge in [0.15, 0.2) is 11.6 Å². The minimum atomic E-state index is 0.648. The molecule has 4 rings (SSSR count). The molecule has 0 aliphatic heterocycles. The van der Waals surface area contributed by atoms with Crippen molar-refractivity contribution < 1.29 is 4.74 Å². The smallest absolute Gasteiger partial charge is 0.162 e. The molecule has 5 nitrogen and oxygen atoms in total. The third-order valence-electron chi connectivity index (χ3n) is 4.71. The largest absolute Gasteiger partial charge is 0.497 e. The van der Waals surface area contributed by atoms with Crippen molar-refractivity contribution in [3.05, 3.63) is 95.0 Å². The number of halogens is 1. The Morgan fingerprint density at radius 1 is 0.871 bits per heavy atom. The highest BCUT2D eigenvalue weighted by molar-refractivity contribution is 9.10. The topological polar surface area (TPSA) is 50.6 Å². The Hall–Kier alpha value is -3.51. The Morgan fingerprint density at radius 3 is 2.26 bits per heavy atom. The number of benzene rings is 3. The van der Waals surface area contributed by atoms with Crippen molar-refractivity contribution in [2.45, 2.75) is 0 Å². The SMILES string of the molecule is COc1ccc(/C=N/N(C)c2cc(-c3ccccc3)nc(-c3ccc(Br)cc3)n2)cc1. The Labute approximate surface area is 190 Å². The molecule has 0 bridgehead atoms. The molecule has 1 aromatic heterocycles. The summed E-state index contributed by atoms with van der Waals surface area (Å²) >= 11 is 3.48. The maximum absolute atomic E-state index is 5.21. The molecule has 0 saturated carbocycles. The average Bonchev–Trinajstić information content (AvgIpc) is 2.83. The van der Waals surface area contributed by atoms with E-state index in [2.05, 4.69) is 21.0 Å². The lowest BCUT2D eigenvalue weighted by Gasteiger charge is -2.15. The summed E-state index contributed by atoms with van der Waals surface area (Å²) in [6, 6.07) is 27.7. The monoisotopic (exact) mass is 472 g/mol. The first-order valence-electron chi connectivity index (χ1n) is 9.74. The van der Waals surface area contributed by atoms with Crippen molar-refractivity contribution >= 4 is 28.0 Å². The molecule has 0 aliphatic carbocycles. The molecule has 0 spiro atoms. The van der Waals surface area contributed by atoms with Gasteiger partial charge in [0, 0.05) is 28.7 Å². The van der Waals surface area contributed by atoms with Crippen molar-refractivity contribution in [3.63, 3.8) is 0 Å². The molecule has 0 amide bonds. The normalized spacial score (nSPS) is 10.9. The van der Waals surface area contributed by atoms with Crippen molar-refractivity contribution in [2.75, 3.05) is 19.2 Å². The third kappa shape index (κ3) is 5.16. The molecule has 0 aliphatic rings. The molecule has 0 unspecified atom stereocenters. The molecule has 0 fully saturated rings. The van der Waals surface area contributed by atoms with Crippen LogP contribution in [0.4, 0.5) is 5.82 Å². The maximum Gasteiger partial charge on any atom is 0.162 e. The van der Waals surface area contributed by atoms with Crippen LogP contribution in [0.3, 0.4) is 0 Å². The van der Waals surface area contributed by atoms with Gasteiger partial charge in [0.1, 0.15) is 5.75 Å². The van der Waals surface area contributed by atoms with Gasteiger partial charge >= 0.3 is 0 Å². The van der Waals surface area contributed by atoms with E-state index >= 15 is 0 Å². The Morgan fingerprint density at radius 2 is 1.58 bits per heavy atom. The van der Waals surface area contributed by atoms with Gasteiger partial charge in [-0.1, -0.05) is 58.4 Å². The molecule has 0 radical (unpaired) electrons. The van der Waals surface area contributed by atoms with Crippen molar-refractivity contribution in [1.29, 1.82) is 0 Å². The second kappa shape index (κ2) is 9.53. The molecule has 4 aromatic rings. The number of nitrogens with zero attached hydrogens (tertiary/aromatic N) is 4. The number of hydrazone groups is 1. The number of hydrogen-bond acceptors (Lipinski definition) is 5. The van der Waals surface area contributed by atoms with Gasteiger partial charge in [0.05, 0.1) is 19.0 Å². The summed E-state index contributed by atoms with van der Waals surface area (Å²) in [5.41, 5.74) is 3.78. The van der Waals surface area contributed by atoms with Crippen LogP contribution >= 0.6 is 15.9 Å². The predicted octanol–water partition coefficient (Wildman–Crippen LogP) is 6.05. The van der Waals surface area contributed by atoms with Crippen LogP contribution in [-0.4, -0.2) is 30.3 Å². The van der Waals surface area contributed by atoms with E-state index in [0.717, 1.165) is 32.6 Å². The lowest BCUT2D eigenvalue weighted by molar-refractivity contribution is 0.415. The Balaban J connectivity index is 1.70. The third-order valence-corrected chi connectivity index (χ3v) is 5.24. The van der Waals surface area contributed by atoms with Crippen LogP contribution in [0, 0.1) is 0 Å². The molecule has 0 saturated heterocycles. The predicted molar refractivity (Wildman–Crippen MR) is 130 cm³/mol. The molecule has 6 heteroatoms. The zero-order valence-electron chi connectivity index (χ0n) is 17.2. The van der Waals surface area contributed by atoms with E-state index in [0.29, 0.717) is 11.6 Å². The number of rotatable bonds is 6. The summed E-state index contributed by atoms with van der Waals surface area (Å²) in [4.78, 5) is 9.57. The Kier molecular flexibility index (Phi) is 6.38. The van der Waals surface area contributed by atoms with E-state index in [1.165, 1.54) is 0 Å². The van der Waals surface area contributed by atoms with E-state index in [4.69, 9.17) is 14.7 Å². The van der Waals surface area contributed by atoms with Crippen molar-refractivity contribution in [3.8, 4) is 28.4 Å².